The number of hydrogen-bond acceptors (Lipinski definition) is 3. The smallest absolute Gasteiger partial charge is 0.270 e. The largest absolute Gasteiger partial charge is 0.497 e. The van der Waals surface area contributed by atoms with Crippen molar-refractivity contribution in [1.82, 2.24) is 9.88 Å². The number of hydrogen-bond donors (Lipinski definition) is 1. The number of benzene rings is 2. The van der Waals surface area contributed by atoms with Crippen molar-refractivity contribution in [1.29, 1.82) is 0 Å². The number of aromatic nitrogens is 1. The molecule has 1 N–H and O–H groups in total. The SMILES string of the molecule is COc1ccc2cc(C(=O)N3CCC4(CCc5ccccc5O4)C3)[nH]c2c1. The molecule has 0 aliphatic carbocycles. The van der Waals surface area contributed by atoms with Crippen LogP contribution in [0.2, 0.25) is 0 Å². The summed E-state index contributed by atoms with van der Waals surface area (Å²) in [6.45, 7) is 1.36. The van der Waals surface area contributed by atoms with E-state index in [0.717, 1.165) is 48.2 Å². The Kier molecular flexibility index (Phi) is 3.64. The van der Waals surface area contributed by atoms with Crippen LogP contribution in [0.3, 0.4) is 0 Å². The molecule has 0 saturated carbocycles. The van der Waals surface area contributed by atoms with Gasteiger partial charge in [-0.05, 0) is 42.7 Å². The van der Waals surface area contributed by atoms with Gasteiger partial charge in [0, 0.05) is 29.9 Å². The lowest BCUT2D eigenvalue weighted by Gasteiger charge is -2.35. The van der Waals surface area contributed by atoms with Crippen LogP contribution in [-0.2, 0) is 6.42 Å². The lowest BCUT2D eigenvalue weighted by molar-refractivity contribution is 0.0483. The van der Waals surface area contributed by atoms with Gasteiger partial charge in [-0.3, -0.25) is 4.79 Å². The molecule has 0 bridgehead atoms. The van der Waals surface area contributed by atoms with Gasteiger partial charge in [-0.25, -0.2) is 0 Å². The fourth-order valence-electron chi connectivity index (χ4n) is 4.28. The predicted molar refractivity (Wildman–Crippen MR) is 103 cm³/mol. The van der Waals surface area contributed by atoms with Crippen LogP contribution in [-0.4, -0.2) is 41.6 Å². The molecule has 5 heteroatoms. The van der Waals surface area contributed by atoms with E-state index in [2.05, 4.69) is 17.1 Å². The summed E-state index contributed by atoms with van der Waals surface area (Å²) in [5, 5.41) is 1.01. The minimum absolute atomic E-state index is 0.0319. The van der Waals surface area contributed by atoms with Crippen molar-refractivity contribution in [2.75, 3.05) is 20.2 Å². The Labute approximate surface area is 157 Å². The van der Waals surface area contributed by atoms with E-state index in [9.17, 15) is 4.79 Å². The van der Waals surface area contributed by atoms with E-state index < -0.39 is 0 Å². The number of carbonyl (C=O) groups excluding carboxylic acids is 1. The molecule has 2 aromatic carbocycles. The van der Waals surface area contributed by atoms with E-state index >= 15 is 0 Å². The van der Waals surface area contributed by atoms with Crippen molar-refractivity contribution in [3.05, 3.63) is 59.8 Å². The third kappa shape index (κ3) is 2.74. The Hall–Kier alpha value is -2.95. The summed E-state index contributed by atoms with van der Waals surface area (Å²) < 4.78 is 11.6. The van der Waals surface area contributed by atoms with Crippen molar-refractivity contribution >= 4 is 16.8 Å². The van der Waals surface area contributed by atoms with Gasteiger partial charge in [0.15, 0.2) is 0 Å². The van der Waals surface area contributed by atoms with Crippen LogP contribution in [0, 0.1) is 0 Å². The van der Waals surface area contributed by atoms with E-state index in [0.29, 0.717) is 12.2 Å². The van der Waals surface area contributed by atoms with Crippen molar-refractivity contribution in [3.8, 4) is 11.5 Å². The minimum Gasteiger partial charge on any atom is -0.497 e. The van der Waals surface area contributed by atoms with Crippen LogP contribution in [0.4, 0.5) is 0 Å². The number of aryl methyl sites for hydroxylation is 1. The zero-order chi connectivity index (χ0) is 18.4. The molecule has 1 atom stereocenters. The molecule has 5 rings (SSSR count). The van der Waals surface area contributed by atoms with Gasteiger partial charge >= 0.3 is 0 Å². The lowest BCUT2D eigenvalue weighted by Crippen LogP contribution is -2.43. The highest BCUT2D eigenvalue weighted by Gasteiger charge is 2.44. The van der Waals surface area contributed by atoms with Gasteiger partial charge in [0.2, 0.25) is 0 Å². The molecule has 5 nitrogen and oxygen atoms in total. The van der Waals surface area contributed by atoms with Crippen LogP contribution in [0.25, 0.3) is 10.9 Å². The number of aromatic amines is 1. The van der Waals surface area contributed by atoms with Gasteiger partial charge in [0.05, 0.1) is 13.7 Å². The van der Waals surface area contributed by atoms with Gasteiger partial charge in [-0.15, -0.1) is 0 Å². The predicted octanol–water partition coefficient (Wildman–Crippen LogP) is 3.79. The van der Waals surface area contributed by atoms with Crippen LogP contribution in [0.15, 0.2) is 48.5 Å². The van der Waals surface area contributed by atoms with E-state index in [4.69, 9.17) is 9.47 Å². The van der Waals surface area contributed by atoms with E-state index in [-0.39, 0.29) is 11.5 Å². The molecule has 1 saturated heterocycles. The number of methoxy groups -OCH3 is 1. The summed E-state index contributed by atoms with van der Waals surface area (Å²) >= 11 is 0. The Morgan fingerprint density at radius 3 is 2.96 bits per heavy atom. The zero-order valence-corrected chi connectivity index (χ0v) is 15.3. The Bertz CT molecular complexity index is 1030. The number of para-hydroxylation sites is 1. The Balaban J connectivity index is 1.36. The molecular weight excluding hydrogens is 340 g/mol. The topological polar surface area (TPSA) is 54.6 Å². The fourth-order valence-corrected chi connectivity index (χ4v) is 4.28. The van der Waals surface area contributed by atoms with Crippen LogP contribution >= 0.6 is 0 Å². The van der Waals surface area contributed by atoms with Crippen molar-refractivity contribution in [3.63, 3.8) is 0 Å². The maximum absolute atomic E-state index is 13.1. The van der Waals surface area contributed by atoms with Crippen LogP contribution < -0.4 is 9.47 Å². The second kappa shape index (κ2) is 6.05. The average molecular weight is 362 g/mol. The Morgan fingerprint density at radius 2 is 2.07 bits per heavy atom. The molecule has 1 unspecified atom stereocenters. The molecule has 27 heavy (non-hydrogen) atoms. The second-order valence-electron chi connectivity index (χ2n) is 7.51. The van der Waals surface area contributed by atoms with Crippen molar-refractivity contribution in [2.24, 2.45) is 0 Å². The maximum atomic E-state index is 13.1. The first-order chi connectivity index (χ1) is 13.2. The normalized spacial score (nSPS) is 21.3. The number of ether oxygens (including phenoxy) is 2. The summed E-state index contributed by atoms with van der Waals surface area (Å²) in [4.78, 5) is 18.2. The summed E-state index contributed by atoms with van der Waals surface area (Å²) in [7, 11) is 1.64. The Morgan fingerprint density at radius 1 is 1.19 bits per heavy atom. The fraction of sp³-hybridized carbons (Fsp3) is 0.318. The van der Waals surface area contributed by atoms with Gasteiger partial charge in [0.1, 0.15) is 22.8 Å². The highest BCUT2D eigenvalue weighted by atomic mass is 16.5. The number of nitrogens with zero attached hydrogens (tertiary/aromatic N) is 1. The minimum atomic E-state index is -0.251. The van der Waals surface area contributed by atoms with Crippen LogP contribution in [0.5, 0.6) is 11.5 Å². The number of nitrogens with one attached hydrogen (secondary N) is 1. The van der Waals surface area contributed by atoms with Gasteiger partial charge < -0.3 is 19.4 Å². The maximum Gasteiger partial charge on any atom is 0.270 e. The van der Waals surface area contributed by atoms with Gasteiger partial charge in [-0.2, -0.15) is 0 Å². The third-order valence-corrected chi connectivity index (χ3v) is 5.81. The second-order valence-corrected chi connectivity index (χ2v) is 7.51. The molecule has 138 valence electrons. The van der Waals surface area contributed by atoms with Crippen molar-refractivity contribution in [2.45, 2.75) is 24.9 Å². The lowest BCUT2D eigenvalue weighted by atomic mass is 9.90. The molecule has 1 spiro atoms. The summed E-state index contributed by atoms with van der Waals surface area (Å²) in [5.74, 6) is 1.78. The summed E-state index contributed by atoms with van der Waals surface area (Å²) in [6.07, 6.45) is 2.84. The third-order valence-electron chi connectivity index (χ3n) is 5.81. The number of amides is 1. The monoisotopic (exact) mass is 362 g/mol. The van der Waals surface area contributed by atoms with E-state index in [1.165, 1.54) is 5.56 Å². The van der Waals surface area contributed by atoms with Crippen LogP contribution in [0.1, 0.15) is 28.9 Å². The average Bonchev–Trinajstić information content (AvgIpc) is 3.31. The van der Waals surface area contributed by atoms with E-state index in [1.807, 2.05) is 41.3 Å². The molecule has 1 fully saturated rings. The summed E-state index contributed by atoms with van der Waals surface area (Å²) in [5.41, 5.74) is 2.54. The first-order valence-corrected chi connectivity index (χ1v) is 9.39. The molecule has 1 aromatic heterocycles. The van der Waals surface area contributed by atoms with Gasteiger partial charge in [0.25, 0.3) is 5.91 Å². The quantitative estimate of drug-likeness (QED) is 0.755. The molecular formula is C22H22N2O3. The number of rotatable bonds is 2. The number of H-pyrrole nitrogens is 1. The molecule has 2 aliphatic heterocycles. The molecule has 1 amide bonds. The van der Waals surface area contributed by atoms with Gasteiger partial charge in [-0.1, -0.05) is 18.2 Å². The number of carbonyl (C=O) groups is 1. The first kappa shape index (κ1) is 16.2. The first-order valence-electron chi connectivity index (χ1n) is 9.39. The molecule has 3 aromatic rings. The standard InChI is InChI=1S/C22H22N2O3/c1-26-17-7-6-16-12-19(23-18(16)13-17)21(25)24-11-10-22(14-24)9-8-15-4-2-3-5-20(15)27-22/h2-7,12-13,23H,8-11,14H2,1H3. The zero-order valence-electron chi connectivity index (χ0n) is 15.3. The number of likely N-dealkylation sites (tertiary alicyclic amines) is 1. The number of fused-ring (bicyclic) bond motifs is 2. The molecule has 0 radical (unpaired) electrons. The molecule has 3 heterocycles. The highest BCUT2D eigenvalue weighted by molar-refractivity contribution is 5.98. The van der Waals surface area contributed by atoms with Crippen molar-refractivity contribution < 1.29 is 14.3 Å². The van der Waals surface area contributed by atoms with E-state index in [1.54, 1.807) is 7.11 Å². The molecule has 2 aliphatic rings. The highest BCUT2D eigenvalue weighted by Crippen LogP contribution is 2.39. The summed E-state index contributed by atoms with van der Waals surface area (Å²) in [6, 6.07) is 15.9.